The number of carbonyl (C=O) groups excluding carboxylic acids is 2. The molecule has 1 aliphatic carbocycles. The van der Waals surface area contributed by atoms with Crippen molar-refractivity contribution in [1.82, 2.24) is 5.16 Å². The summed E-state index contributed by atoms with van der Waals surface area (Å²) >= 11 is 1.42. The van der Waals surface area contributed by atoms with E-state index in [9.17, 15) is 9.59 Å². The molecular weight excluding hydrogens is 390 g/mol. The summed E-state index contributed by atoms with van der Waals surface area (Å²) in [6.07, 6.45) is 2.68. The molecule has 1 aromatic carbocycles. The number of methoxy groups -OCH3 is 1. The van der Waals surface area contributed by atoms with Gasteiger partial charge in [0.25, 0.3) is 11.8 Å². The lowest BCUT2D eigenvalue weighted by molar-refractivity contribution is 0.1000. The van der Waals surface area contributed by atoms with Gasteiger partial charge in [0.15, 0.2) is 11.5 Å². The Bertz CT molecular complexity index is 1090. The summed E-state index contributed by atoms with van der Waals surface area (Å²) in [7, 11) is 1.56. The van der Waals surface area contributed by atoms with Crippen molar-refractivity contribution in [2.75, 3.05) is 12.4 Å². The van der Waals surface area contributed by atoms with Gasteiger partial charge in [-0.05, 0) is 42.9 Å². The van der Waals surface area contributed by atoms with Gasteiger partial charge >= 0.3 is 0 Å². The average Bonchev–Trinajstić information content (AvgIpc) is 3.32. The van der Waals surface area contributed by atoms with Crippen LogP contribution in [-0.4, -0.2) is 24.1 Å². The fourth-order valence-corrected chi connectivity index (χ4v) is 5.04. The number of nitrogens with zero attached hydrogens (tertiary/aromatic N) is 1. The maximum Gasteiger partial charge on any atom is 0.278 e. The molecule has 3 aromatic rings. The predicted molar refractivity (Wildman–Crippen MR) is 110 cm³/mol. The van der Waals surface area contributed by atoms with Crippen molar-refractivity contribution in [2.45, 2.75) is 26.2 Å². The Morgan fingerprint density at radius 1 is 1.34 bits per heavy atom. The highest BCUT2D eigenvalue weighted by Gasteiger charge is 2.28. The molecule has 2 aromatic heterocycles. The topological polar surface area (TPSA) is 107 Å². The number of amides is 2. The highest BCUT2D eigenvalue weighted by Crippen LogP contribution is 2.39. The smallest absolute Gasteiger partial charge is 0.278 e. The minimum Gasteiger partial charge on any atom is -0.496 e. The van der Waals surface area contributed by atoms with Crippen molar-refractivity contribution in [3.8, 4) is 17.1 Å². The van der Waals surface area contributed by atoms with E-state index >= 15 is 0 Å². The van der Waals surface area contributed by atoms with Crippen LogP contribution < -0.4 is 15.8 Å². The van der Waals surface area contributed by atoms with Crippen molar-refractivity contribution < 1.29 is 18.8 Å². The van der Waals surface area contributed by atoms with Gasteiger partial charge in [-0.2, -0.15) is 0 Å². The van der Waals surface area contributed by atoms with Gasteiger partial charge in [-0.15, -0.1) is 11.3 Å². The molecular formula is C21H21N3O4S. The number of ether oxygens (including phenoxy) is 1. The van der Waals surface area contributed by atoms with Crippen molar-refractivity contribution in [3.63, 3.8) is 0 Å². The van der Waals surface area contributed by atoms with E-state index in [0.717, 1.165) is 29.7 Å². The molecule has 7 nitrogen and oxygen atoms in total. The first-order valence-electron chi connectivity index (χ1n) is 9.33. The summed E-state index contributed by atoms with van der Waals surface area (Å²) < 4.78 is 10.7. The molecule has 0 bridgehead atoms. The highest BCUT2D eigenvalue weighted by molar-refractivity contribution is 7.17. The zero-order valence-electron chi connectivity index (χ0n) is 16.2. The number of thiophene rings is 1. The number of anilines is 1. The Labute approximate surface area is 171 Å². The van der Waals surface area contributed by atoms with E-state index in [0.29, 0.717) is 33.6 Å². The molecule has 0 radical (unpaired) electrons. The number of aromatic nitrogens is 1. The normalized spacial score (nSPS) is 15.6. The van der Waals surface area contributed by atoms with Gasteiger partial charge in [0.1, 0.15) is 10.8 Å². The number of hydrogen-bond acceptors (Lipinski definition) is 6. The number of para-hydroxylation sites is 1. The van der Waals surface area contributed by atoms with E-state index in [2.05, 4.69) is 17.4 Å². The second kappa shape index (κ2) is 7.71. The van der Waals surface area contributed by atoms with Crippen LogP contribution in [0.3, 0.4) is 0 Å². The SMILES string of the molecule is COc1ccccc1-c1cc(C(=O)Nc2sc3c(c2C(N)=O)CC[C@@H](C)C3)no1. The quantitative estimate of drug-likeness (QED) is 0.662. The molecule has 1 atom stereocenters. The first-order chi connectivity index (χ1) is 14.0. The lowest BCUT2D eigenvalue weighted by Crippen LogP contribution is -2.19. The largest absolute Gasteiger partial charge is 0.496 e. The van der Waals surface area contributed by atoms with Crippen LogP contribution in [0.1, 0.15) is 44.6 Å². The fourth-order valence-electron chi connectivity index (χ4n) is 3.62. The average molecular weight is 411 g/mol. The molecule has 0 fully saturated rings. The molecule has 1 aliphatic rings. The van der Waals surface area contributed by atoms with Crippen LogP contribution in [0, 0.1) is 5.92 Å². The molecule has 3 N–H and O–H groups in total. The molecule has 29 heavy (non-hydrogen) atoms. The molecule has 0 unspecified atom stereocenters. The number of primary amides is 1. The van der Waals surface area contributed by atoms with Crippen molar-refractivity contribution in [3.05, 3.63) is 52.0 Å². The minimum atomic E-state index is -0.526. The molecule has 4 rings (SSSR count). The molecule has 2 heterocycles. The fraction of sp³-hybridized carbons (Fsp3) is 0.286. The maximum absolute atomic E-state index is 12.8. The highest BCUT2D eigenvalue weighted by atomic mass is 32.1. The summed E-state index contributed by atoms with van der Waals surface area (Å²) in [5.74, 6) is 0.601. The molecule has 0 saturated carbocycles. The van der Waals surface area contributed by atoms with Crippen molar-refractivity contribution in [2.24, 2.45) is 11.7 Å². The number of nitrogens with one attached hydrogen (secondary N) is 1. The number of nitrogens with two attached hydrogens (primary N) is 1. The van der Waals surface area contributed by atoms with Gasteiger partial charge in [0.2, 0.25) is 0 Å². The van der Waals surface area contributed by atoms with Gasteiger partial charge in [-0.3, -0.25) is 9.59 Å². The Kier molecular flexibility index (Phi) is 5.10. The third-order valence-corrected chi connectivity index (χ3v) is 6.27. The summed E-state index contributed by atoms with van der Waals surface area (Å²) in [5, 5.41) is 7.15. The summed E-state index contributed by atoms with van der Waals surface area (Å²) in [5.41, 5.74) is 7.80. The lowest BCUT2D eigenvalue weighted by atomic mass is 9.88. The molecule has 150 valence electrons. The molecule has 2 amide bonds. The molecule has 8 heteroatoms. The zero-order chi connectivity index (χ0) is 20.5. The third kappa shape index (κ3) is 3.63. The van der Waals surface area contributed by atoms with Crippen LogP contribution >= 0.6 is 11.3 Å². The number of rotatable bonds is 5. The van der Waals surface area contributed by atoms with Crippen molar-refractivity contribution in [1.29, 1.82) is 0 Å². The molecule has 0 saturated heterocycles. The van der Waals surface area contributed by atoms with Crippen LogP contribution in [0.4, 0.5) is 5.00 Å². The van der Waals surface area contributed by atoms with Gasteiger partial charge in [0.05, 0.1) is 18.2 Å². The van der Waals surface area contributed by atoms with Gasteiger partial charge in [-0.25, -0.2) is 0 Å². The Balaban J connectivity index is 1.61. The Hall–Kier alpha value is -3.13. The molecule has 0 spiro atoms. The zero-order valence-corrected chi connectivity index (χ0v) is 17.0. The Morgan fingerprint density at radius 3 is 2.90 bits per heavy atom. The van der Waals surface area contributed by atoms with Gasteiger partial charge in [0, 0.05) is 10.9 Å². The number of fused-ring (bicyclic) bond motifs is 1. The number of hydrogen-bond donors (Lipinski definition) is 2. The van der Waals surface area contributed by atoms with E-state index in [-0.39, 0.29) is 5.69 Å². The first kappa shape index (κ1) is 19.2. The number of benzene rings is 1. The van der Waals surface area contributed by atoms with Crippen LogP contribution in [0.25, 0.3) is 11.3 Å². The molecule has 0 aliphatic heterocycles. The predicted octanol–water partition coefficient (Wildman–Crippen LogP) is 3.89. The van der Waals surface area contributed by atoms with Crippen LogP contribution in [-0.2, 0) is 12.8 Å². The van der Waals surface area contributed by atoms with Crippen molar-refractivity contribution >= 4 is 28.2 Å². The minimum absolute atomic E-state index is 0.112. The second-order valence-electron chi connectivity index (χ2n) is 7.15. The van der Waals surface area contributed by atoms with E-state index in [1.165, 1.54) is 11.3 Å². The summed E-state index contributed by atoms with van der Waals surface area (Å²) in [4.78, 5) is 25.9. The van der Waals surface area contributed by atoms with Crippen LogP contribution in [0.15, 0.2) is 34.9 Å². The van der Waals surface area contributed by atoms with Crippen LogP contribution in [0.5, 0.6) is 5.75 Å². The summed E-state index contributed by atoms with van der Waals surface area (Å²) in [6, 6.07) is 8.86. The van der Waals surface area contributed by atoms with Gasteiger partial charge < -0.3 is 20.3 Å². The Morgan fingerprint density at radius 2 is 2.14 bits per heavy atom. The van der Waals surface area contributed by atoms with Gasteiger partial charge in [-0.1, -0.05) is 24.2 Å². The van der Waals surface area contributed by atoms with E-state index < -0.39 is 11.8 Å². The first-order valence-corrected chi connectivity index (χ1v) is 10.2. The standard InChI is InChI=1S/C21H21N3O4S/c1-11-7-8-13-17(9-11)29-21(18(13)19(22)25)23-20(26)14-10-16(28-24-14)12-5-3-4-6-15(12)27-2/h3-6,10-11H,7-9H2,1-2H3,(H2,22,25)(H,23,26)/t11-/m1/s1. The van der Waals surface area contributed by atoms with E-state index in [4.69, 9.17) is 15.0 Å². The monoisotopic (exact) mass is 411 g/mol. The second-order valence-corrected chi connectivity index (χ2v) is 8.26. The van der Waals surface area contributed by atoms with Crippen LogP contribution in [0.2, 0.25) is 0 Å². The lowest BCUT2D eigenvalue weighted by Gasteiger charge is -2.18. The van der Waals surface area contributed by atoms with E-state index in [1.54, 1.807) is 19.2 Å². The summed E-state index contributed by atoms with van der Waals surface area (Å²) in [6.45, 7) is 2.18. The third-order valence-electron chi connectivity index (χ3n) is 5.10. The van der Waals surface area contributed by atoms with E-state index in [1.807, 2.05) is 18.2 Å². The maximum atomic E-state index is 12.8. The number of carbonyl (C=O) groups is 2.